The van der Waals surface area contributed by atoms with Gasteiger partial charge >= 0.3 is 0 Å². The number of nitrogens with zero attached hydrogens (tertiary/aromatic N) is 3. The van der Waals surface area contributed by atoms with Gasteiger partial charge in [0.2, 0.25) is 11.7 Å². The van der Waals surface area contributed by atoms with Gasteiger partial charge in [0.1, 0.15) is 17.5 Å². The molecule has 0 N–H and O–H groups in total. The number of methoxy groups -OCH3 is 2. The molecule has 7 heteroatoms. The third-order valence-electron chi connectivity index (χ3n) is 5.40. The third kappa shape index (κ3) is 4.01. The summed E-state index contributed by atoms with van der Waals surface area (Å²) in [6.07, 6.45) is 2.71. The van der Waals surface area contributed by atoms with Crippen LogP contribution < -0.4 is 9.47 Å². The molecule has 0 radical (unpaired) electrons. The first-order chi connectivity index (χ1) is 14.6. The number of ether oxygens (including phenoxy) is 2. The fraction of sp³-hybridized carbons (Fsp3) is 0.348. The number of carbonyl (C=O) groups is 1. The Morgan fingerprint density at radius 2 is 1.77 bits per heavy atom. The molecule has 0 aliphatic carbocycles. The molecule has 1 aliphatic heterocycles. The van der Waals surface area contributed by atoms with Gasteiger partial charge in [0, 0.05) is 23.7 Å². The zero-order valence-electron chi connectivity index (χ0n) is 17.4. The van der Waals surface area contributed by atoms with Gasteiger partial charge in [-0.1, -0.05) is 35.0 Å². The Morgan fingerprint density at radius 1 is 1.07 bits per heavy atom. The van der Waals surface area contributed by atoms with Gasteiger partial charge in [-0.05, 0) is 38.3 Å². The van der Waals surface area contributed by atoms with Gasteiger partial charge in [0.05, 0.1) is 14.2 Å². The van der Waals surface area contributed by atoms with Gasteiger partial charge in [-0.3, -0.25) is 4.79 Å². The van der Waals surface area contributed by atoms with Crippen LogP contribution in [0.2, 0.25) is 0 Å². The van der Waals surface area contributed by atoms with Crippen LogP contribution in [0.25, 0.3) is 11.4 Å². The number of piperidine rings is 1. The molecule has 4 rings (SSSR count). The SMILES string of the molecule is COc1cc(OC)cc(C(=O)N2CCCCC2c2nc(-c3ccc(C)cc3)no2)c1. The van der Waals surface area contributed by atoms with Gasteiger partial charge in [0.25, 0.3) is 5.91 Å². The molecule has 0 spiro atoms. The van der Waals surface area contributed by atoms with Crippen LogP contribution in [0, 0.1) is 6.92 Å². The molecule has 156 valence electrons. The minimum absolute atomic E-state index is 0.105. The predicted octanol–water partition coefficient (Wildman–Crippen LogP) is 4.43. The van der Waals surface area contributed by atoms with Crippen LogP contribution in [0.3, 0.4) is 0 Å². The van der Waals surface area contributed by atoms with Crippen molar-refractivity contribution < 1.29 is 18.8 Å². The van der Waals surface area contributed by atoms with E-state index in [0.717, 1.165) is 24.8 Å². The van der Waals surface area contributed by atoms with Crippen molar-refractivity contribution in [2.45, 2.75) is 32.2 Å². The highest BCUT2D eigenvalue weighted by Gasteiger charge is 2.33. The number of hydrogen-bond acceptors (Lipinski definition) is 6. The Hall–Kier alpha value is -3.35. The van der Waals surface area contributed by atoms with Crippen LogP contribution >= 0.6 is 0 Å². The molecule has 1 fully saturated rings. The van der Waals surface area contributed by atoms with E-state index in [-0.39, 0.29) is 11.9 Å². The van der Waals surface area contributed by atoms with Gasteiger partial charge in [-0.2, -0.15) is 4.98 Å². The molecule has 1 atom stereocenters. The normalized spacial score (nSPS) is 16.4. The van der Waals surface area contributed by atoms with Crippen LogP contribution in [0.4, 0.5) is 0 Å². The van der Waals surface area contributed by atoms with Crippen molar-refractivity contribution in [3.63, 3.8) is 0 Å². The Bertz CT molecular complexity index is 1010. The summed E-state index contributed by atoms with van der Waals surface area (Å²) in [5.74, 6) is 2.04. The van der Waals surface area contributed by atoms with Gasteiger partial charge < -0.3 is 18.9 Å². The summed E-state index contributed by atoms with van der Waals surface area (Å²) in [5.41, 5.74) is 2.57. The highest BCUT2D eigenvalue weighted by Crippen LogP contribution is 2.33. The Labute approximate surface area is 175 Å². The molecule has 1 aliphatic rings. The van der Waals surface area contributed by atoms with Crippen LogP contribution in [0.1, 0.15) is 47.1 Å². The molecule has 2 aromatic carbocycles. The van der Waals surface area contributed by atoms with E-state index in [9.17, 15) is 4.79 Å². The number of aryl methyl sites for hydroxylation is 1. The maximum Gasteiger partial charge on any atom is 0.254 e. The number of likely N-dealkylation sites (tertiary alicyclic amines) is 1. The van der Waals surface area contributed by atoms with Crippen molar-refractivity contribution in [2.24, 2.45) is 0 Å². The topological polar surface area (TPSA) is 77.7 Å². The molecule has 2 heterocycles. The molecule has 3 aromatic rings. The van der Waals surface area contributed by atoms with E-state index in [2.05, 4.69) is 10.1 Å². The van der Waals surface area contributed by atoms with Crippen LogP contribution in [-0.4, -0.2) is 41.7 Å². The fourth-order valence-electron chi connectivity index (χ4n) is 3.72. The van der Waals surface area contributed by atoms with E-state index in [1.54, 1.807) is 32.4 Å². The highest BCUT2D eigenvalue weighted by atomic mass is 16.5. The standard InChI is InChI=1S/C23H25N3O4/c1-15-7-9-16(10-8-15)21-24-22(30-25-21)20-6-4-5-11-26(20)23(27)17-12-18(28-2)14-19(13-17)29-3/h7-10,12-14,20H,4-6,11H2,1-3H3. The third-order valence-corrected chi connectivity index (χ3v) is 5.40. The number of carbonyl (C=O) groups excluding carboxylic acids is 1. The number of benzene rings is 2. The first-order valence-corrected chi connectivity index (χ1v) is 10.0. The van der Waals surface area contributed by atoms with Crippen molar-refractivity contribution in [1.29, 1.82) is 0 Å². The van der Waals surface area contributed by atoms with Crippen LogP contribution in [0.15, 0.2) is 47.0 Å². The number of aromatic nitrogens is 2. The lowest BCUT2D eigenvalue weighted by Gasteiger charge is -2.33. The fourth-order valence-corrected chi connectivity index (χ4v) is 3.72. The molecular formula is C23H25N3O4. The molecule has 1 unspecified atom stereocenters. The van der Waals surface area contributed by atoms with Crippen molar-refractivity contribution in [3.8, 4) is 22.9 Å². The molecular weight excluding hydrogens is 382 g/mol. The van der Waals surface area contributed by atoms with E-state index in [4.69, 9.17) is 14.0 Å². The minimum Gasteiger partial charge on any atom is -0.497 e. The first kappa shape index (κ1) is 19.9. The maximum absolute atomic E-state index is 13.4. The maximum atomic E-state index is 13.4. The monoisotopic (exact) mass is 407 g/mol. The van der Waals surface area contributed by atoms with Gasteiger partial charge in [-0.25, -0.2) is 0 Å². The molecule has 7 nitrogen and oxygen atoms in total. The average molecular weight is 407 g/mol. The second-order valence-corrected chi connectivity index (χ2v) is 7.43. The van der Waals surface area contributed by atoms with Crippen molar-refractivity contribution >= 4 is 5.91 Å². The van der Waals surface area contributed by atoms with Crippen molar-refractivity contribution in [2.75, 3.05) is 20.8 Å². The van der Waals surface area contributed by atoms with E-state index >= 15 is 0 Å². The Balaban J connectivity index is 1.62. The summed E-state index contributed by atoms with van der Waals surface area (Å²) < 4.78 is 16.2. The summed E-state index contributed by atoms with van der Waals surface area (Å²) in [6, 6.07) is 12.9. The largest absolute Gasteiger partial charge is 0.497 e. The number of amides is 1. The summed E-state index contributed by atoms with van der Waals surface area (Å²) in [5, 5.41) is 4.15. The van der Waals surface area contributed by atoms with E-state index in [1.165, 1.54) is 5.56 Å². The molecule has 0 bridgehead atoms. The summed E-state index contributed by atoms with van der Waals surface area (Å²) in [6.45, 7) is 2.66. The smallest absolute Gasteiger partial charge is 0.254 e. The van der Waals surface area contributed by atoms with Crippen LogP contribution in [0.5, 0.6) is 11.5 Å². The summed E-state index contributed by atoms with van der Waals surface area (Å²) in [4.78, 5) is 19.8. The van der Waals surface area contributed by atoms with Crippen molar-refractivity contribution in [1.82, 2.24) is 15.0 Å². The van der Waals surface area contributed by atoms with Gasteiger partial charge in [-0.15, -0.1) is 0 Å². The van der Waals surface area contributed by atoms with Crippen molar-refractivity contribution in [3.05, 3.63) is 59.5 Å². The summed E-state index contributed by atoms with van der Waals surface area (Å²) in [7, 11) is 3.13. The van der Waals surface area contributed by atoms with E-state index < -0.39 is 0 Å². The molecule has 0 saturated carbocycles. The predicted molar refractivity (Wildman–Crippen MR) is 112 cm³/mol. The zero-order valence-corrected chi connectivity index (χ0v) is 17.4. The summed E-state index contributed by atoms with van der Waals surface area (Å²) >= 11 is 0. The Kier molecular flexibility index (Phi) is 5.70. The minimum atomic E-state index is -0.254. The quantitative estimate of drug-likeness (QED) is 0.623. The second kappa shape index (κ2) is 8.57. The van der Waals surface area contributed by atoms with Gasteiger partial charge in [0.15, 0.2) is 0 Å². The molecule has 30 heavy (non-hydrogen) atoms. The lowest BCUT2D eigenvalue weighted by molar-refractivity contribution is 0.0560. The lowest BCUT2D eigenvalue weighted by atomic mass is 10.0. The highest BCUT2D eigenvalue weighted by molar-refractivity contribution is 5.95. The number of rotatable bonds is 5. The molecule has 1 saturated heterocycles. The Morgan fingerprint density at radius 3 is 2.43 bits per heavy atom. The average Bonchev–Trinajstić information content (AvgIpc) is 3.28. The molecule has 1 amide bonds. The number of hydrogen-bond donors (Lipinski definition) is 0. The molecule has 1 aromatic heterocycles. The van der Waals surface area contributed by atoms with E-state index in [0.29, 0.717) is 35.3 Å². The first-order valence-electron chi connectivity index (χ1n) is 10.0. The second-order valence-electron chi connectivity index (χ2n) is 7.43. The zero-order chi connectivity index (χ0) is 21.1. The lowest BCUT2D eigenvalue weighted by Crippen LogP contribution is -2.38. The van der Waals surface area contributed by atoms with E-state index in [1.807, 2.05) is 36.1 Å². The van der Waals surface area contributed by atoms with Crippen LogP contribution in [-0.2, 0) is 0 Å².